The summed E-state index contributed by atoms with van der Waals surface area (Å²) in [7, 11) is 1.51. The maximum atomic E-state index is 12.6. The van der Waals surface area contributed by atoms with Crippen molar-refractivity contribution in [2.24, 2.45) is 0 Å². The smallest absolute Gasteiger partial charge is 0.437 e. The van der Waals surface area contributed by atoms with E-state index in [1.807, 2.05) is 6.92 Å². The zero-order chi connectivity index (χ0) is 16.3. The van der Waals surface area contributed by atoms with Crippen LogP contribution in [0.1, 0.15) is 27.2 Å². The van der Waals surface area contributed by atoms with Gasteiger partial charge in [-0.2, -0.15) is 13.2 Å². The van der Waals surface area contributed by atoms with Crippen molar-refractivity contribution in [3.63, 3.8) is 0 Å². The fraction of sp³-hybridized carbons (Fsp3) is 0.286. The fourth-order valence-corrected chi connectivity index (χ4v) is 1.85. The highest BCUT2D eigenvalue weighted by molar-refractivity contribution is 5.95. The topological polar surface area (TPSA) is 64.4 Å². The lowest BCUT2D eigenvalue weighted by atomic mass is 10.1. The number of carbonyl (C=O) groups is 1. The Morgan fingerprint density at radius 3 is 2.77 bits per heavy atom. The quantitative estimate of drug-likeness (QED) is 0.942. The van der Waals surface area contributed by atoms with Crippen LogP contribution >= 0.6 is 0 Å². The molecular formula is C14H13F3N2O3. The summed E-state index contributed by atoms with van der Waals surface area (Å²) in [6.07, 6.45) is -4.07. The molecule has 0 fully saturated rings. The molecule has 0 saturated carbocycles. The Balaban J connectivity index is 2.09. The van der Waals surface area contributed by atoms with Crippen LogP contribution in [0, 0.1) is 6.92 Å². The van der Waals surface area contributed by atoms with Gasteiger partial charge >= 0.3 is 6.18 Å². The molecule has 0 saturated heterocycles. The molecule has 1 N–H and O–H groups in total. The average molecular weight is 314 g/mol. The minimum absolute atomic E-state index is 0.0535. The molecule has 0 aliphatic rings. The lowest BCUT2D eigenvalue weighted by molar-refractivity contribution is -0.143. The SMILES string of the molecule is COc1cc(CNC(=O)c2conc2C(F)(F)F)ccc1C. The van der Waals surface area contributed by atoms with Gasteiger partial charge in [0.25, 0.3) is 5.91 Å². The van der Waals surface area contributed by atoms with Crippen molar-refractivity contribution in [3.8, 4) is 5.75 Å². The van der Waals surface area contributed by atoms with E-state index < -0.39 is 23.3 Å². The number of aryl methyl sites for hydroxylation is 1. The molecule has 1 amide bonds. The third-order valence-electron chi connectivity index (χ3n) is 3.01. The number of benzene rings is 1. The van der Waals surface area contributed by atoms with Gasteiger partial charge in [-0.1, -0.05) is 17.3 Å². The third kappa shape index (κ3) is 3.38. The number of ether oxygens (including phenoxy) is 1. The molecule has 0 unspecified atom stereocenters. The molecule has 0 aliphatic heterocycles. The first-order chi connectivity index (χ1) is 10.3. The van der Waals surface area contributed by atoms with Crippen molar-refractivity contribution < 1.29 is 27.2 Å². The van der Waals surface area contributed by atoms with Crippen molar-refractivity contribution in [1.82, 2.24) is 10.5 Å². The second kappa shape index (κ2) is 6.08. The zero-order valence-corrected chi connectivity index (χ0v) is 11.8. The Bertz CT molecular complexity index is 680. The number of methoxy groups -OCH3 is 1. The summed E-state index contributed by atoms with van der Waals surface area (Å²) in [5.41, 5.74) is -0.380. The van der Waals surface area contributed by atoms with E-state index >= 15 is 0 Å². The van der Waals surface area contributed by atoms with E-state index in [0.717, 1.165) is 5.56 Å². The second-order valence-electron chi connectivity index (χ2n) is 4.56. The number of hydrogen-bond acceptors (Lipinski definition) is 4. The minimum atomic E-state index is -4.74. The molecule has 22 heavy (non-hydrogen) atoms. The largest absolute Gasteiger partial charge is 0.496 e. The number of aromatic nitrogens is 1. The summed E-state index contributed by atoms with van der Waals surface area (Å²) in [4.78, 5) is 11.8. The maximum Gasteiger partial charge on any atom is 0.437 e. The van der Waals surface area contributed by atoms with Crippen molar-refractivity contribution in [2.45, 2.75) is 19.6 Å². The van der Waals surface area contributed by atoms with Gasteiger partial charge in [-0.25, -0.2) is 0 Å². The van der Waals surface area contributed by atoms with E-state index in [2.05, 4.69) is 15.0 Å². The number of halogens is 3. The Hall–Kier alpha value is -2.51. The Morgan fingerprint density at radius 1 is 1.41 bits per heavy atom. The van der Waals surface area contributed by atoms with Gasteiger partial charge in [0, 0.05) is 6.54 Å². The number of carbonyl (C=O) groups excluding carboxylic acids is 1. The normalized spacial score (nSPS) is 11.3. The molecular weight excluding hydrogens is 301 g/mol. The van der Waals surface area contributed by atoms with Gasteiger partial charge in [0.1, 0.15) is 17.6 Å². The van der Waals surface area contributed by atoms with Crippen molar-refractivity contribution in [1.29, 1.82) is 0 Å². The van der Waals surface area contributed by atoms with Crippen molar-refractivity contribution in [2.75, 3.05) is 7.11 Å². The van der Waals surface area contributed by atoms with Gasteiger partial charge in [0.05, 0.1) is 7.11 Å². The molecule has 0 spiro atoms. The molecule has 0 radical (unpaired) electrons. The standard InChI is InChI=1S/C14H13F3N2O3/c1-8-3-4-9(5-11(8)21-2)6-18-13(20)10-7-22-19-12(10)14(15,16)17/h3-5,7H,6H2,1-2H3,(H,18,20). The van der Waals surface area contributed by atoms with Gasteiger partial charge in [-0.15, -0.1) is 0 Å². The minimum Gasteiger partial charge on any atom is -0.496 e. The molecule has 1 aromatic heterocycles. The molecule has 2 aromatic rings. The van der Waals surface area contributed by atoms with E-state index in [9.17, 15) is 18.0 Å². The van der Waals surface area contributed by atoms with Gasteiger partial charge in [0.15, 0.2) is 5.69 Å². The molecule has 1 aromatic carbocycles. The van der Waals surface area contributed by atoms with Crippen LogP contribution in [0.4, 0.5) is 13.2 Å². The predicted molar refractivity (Wildman–Crippen MR) is 70.4 cm³/mol. The van der Waals surface area contributed by atoms with E-state index in [-0.39, 0.29) is 6.54 Å². The summed E-state index contributed by atoms with van der Waals surface area (Å²) >= 11 is 0. The van der Waals surface area contributed by atoms with Crippen LogP contribution < -0.4 is 10.1 Å². The molecule has 0 bridgehead atoms. The van der Waals surface area contributed by atoms with E-state index in [4.69, 9.17) is 4.74 Å². The highest BCUT2D eigenvalue weighted by Gasteiger charge is 2.39. The average Bonchev–Trinajstić information content (AvgIpc) is 2.95. The molecule has 0 aliphatic carbocycles. The summed E-state index contributed by atoms with van der Waals surface area (Å²) in [6.45, 7) is 1.91. The van der Waals surface area contributed by atoms with Crippen LogP contribution in [0.25, 0.3) is 0 Å². The Kier molecular flexibility index (Phi) is 4.39. The van der Waals surface area contributed by atoms with Crippen LogP contribution in [-0.4, -0.2) is 18.2 Å². The van der Waals surface area contributed by atoms with E-state index in [1.165, 1.54) is 7.11 Å². The van der Waals surface area contributed by atoms with E-state index in [1.54, 1.807) is 18.2 Å². The predicted octanol–water partition coefficient (Wildman–Crippen LogP) is 2.94. The number of nitrogens with one attached hydrogen (secondary N) is 1. The third-order valence-corrected chi connectivity index (χ3v) is 3.01. The first-order valence-electron chi connectivity index (χ1n) is 6.26. The summed E-state index contributed by atoms with van der Waals surface area (Å²) < 4.78 is 47.3. The summed E-state index contributed by atoms with van der Waals surface area (Å²) in [6, 6.07) is 5.24. The molecule has 118 valence electrons. The van der Waals surface area contributed by atoms with Gasteiger partial charge in [-0.05, 0) is 24.1 Å². The first-order valence-corrected chi connectivity index (χ1v) is 6.26. The van der Waals surface area contributed by atoms with Crippen LogP contribution in [0.2, 0.25) is 0 Å². The maximum absolute atomic E-state index is 12.6. The van der Waals surface area contributed by atoms with Crippen LogP contribution in [0.3, 0.4) is 0 Å². The highest BCUT2D eigenvalue weighted by Crippen LogP contribution is 2.30. The zero-order valence-electron chi connectivity index (χ0n) is 11.8. The summed E-state index contributed by atoms with van der Waals surface area (Å²) in [5, 5.41) is 5.21. The number of nitrogens with zero attached hydrogens (tertiary/aromatic N) is 1. The van der Waals surface area contributed by atoms with Crippen molar-refractivity contribution >= 4 is 5.91 Å². The number of alkyl halides is 3. The number of amides is 1. The van der Waals surface area contributed by atoms with Crippen LogP contribution in [-0.2, 0) is 12.7 Å². The lowest BCUT2D eigenvalue weighted by Crippen LogP contribution is -2.25. The van der Waals surface area contributed by atoms with E-state index in [0.29, 0.717) is 17.6 Å². The molecule has 1 heterocycles. The van der Waals surface area contributed by atoms with Crippen LogP contribution in [0.5, 0.6) is 5.75 Å². The van der Waals surface area contributed by atoms with Gasteiger partial charge < -0.3 is 14.6 Å². The van der Waals surface area contributed by atoms with Crippen LogP contribution in [0.15, 0.2) is 29.0 Å². The van der Waals surface area contributed by atoms with Crippen molar-refractivity contribution in [3.05, 3.63) is 46.8 Å². The molecule has 5 nitrogen and oxygen atoms in total. The Labute approximate surface area is 124 Å². The number of rotatable bonds is 4. The lowest BCUT2D eigenvalue weighted by Gasteiger charge is -2.09. The highest BCUT2D eigenvalue weighted by atomic mass is 19.4. The van der Waals surface area contributed by atoms with Gasteiger partial charge in [-0.3, -0.25) is 4.79 Å². The number of hydrogen-bond donors (Lipinski definition) is 1. The molecule has 2 rings (SSSR count). The molecule has 0 atom stereocenters. The Morgan fingerprint density at radius 2 is 2.14 bits per heavy atom. The second-order valence-corrected chi connectivity index (χ2v) is 4.56. The summed E-state index contributed by atoms with van der Waals surface area (Å²) in [5.74, 6) is -0.277. The van der Waals surface area contributed by atoms with Gasteiger partial charge in [0.2, 0.25) is 0 Å². The fourth-order valence-electron chi connectivity index (χ4n) is 1.85. The monoisotopic (exact) mass is 314 g/mol. The first kappa shape index (κ1) is 15.9. The molecule has 8 heteroatoms.